The minimum atomic E-state index is -0.465. The maximum absolute atomic E-state index is 12.2. The second kappa shape index (κ2) is 9.54. The molecule has 0 saturated heterocycles. The van der Waals surface area contributed by atoms with E-state index in [2.05, 4.69) is 32.6 Å². The van der Waals surface area contributed by atoms with Crippen molar-refractivity contribution in [1.82, 2.24) is 0 Å². The van der Waals surface area contributed by atoms with Crippen LogP contribution < -0.4 is 4.90 Å². The average molecular weight is 399 g/mol. The highest BCUT2D eigenvalue weighted by Crippen LogP contribution is 2.35. The Morgan fingerprint density at radius 2 is 1.69 bits per heavy atom. The molecule has 0 fully saturated rings. The molecule has 0 aliphatic rings. The molecule has 0 aliphatic heterocycles. The highest BCUT2D eigenvalue weighted by Gasteiger charge is 2.23. The third kappa shape index (κ3) is 5.56. The topological polar surface area (TPSA) is 72.7 Å². The van der Waals surface area contributed by atoms with Crippen LogP contribution in [0.5, 0.6) is 0 Å². The van der Waals surface area contributed by atoms with Crippen molar-refractivity contribution in [3.8, 4) is 11.1 Å². The van der Waals surface area contributed by atoms with Gasteiger partial charge in [0.1, 0.15) is 5.69 Å². The zero-order chi connectivity index (χ0) is 21.7. The van der Waals surface area contributed by atoms with Gasteiger partial charge >= 0.3 is 5.97 Å². The Bertz CT molecular complexity index is 880. The summed E-state index contributed by atoms with van der Waals surface area (Å²) in [4.78, 5) is 25.8. The molecule has 0 amide bonds. The van der Waals surface area contributed by atoms with E-state index < -0.39 is 5.97 Å². The van der Waals surface area contributed by atoms with Gasteiger partial charge in [-0.25, -0.2) is 4.79 Å². The Morgan fingerprint density at radius 3 is 2.21 bits per heavy atom. The zero-order valence-corrected chi connectivity index (χ0v) is 18.1. The largest absolute Gasteiger partial charge is 0.465 e. The van der Waals surface area contributed by atoms with Crippen LogP contribution >= 0.6 is 0 Å². The van der Waals surface area contributed by atoms with E-state index in [1.54, 1.807) is 18.2 Å². The fourth-order valence-corrected chi connectivity index (χ4v) is 3.44. The third-order valence-electron chi connectivity index (χ3n) is 4.58. The average Bonchev–Trinajstić information content (AvgIpc) is 2.65. The molecule has 0 radical (unpaired) electrons. The smallest absolute Gasteiger partial charge is 0.338 e. The number of nitro benzene ring substituents is 1. The van der Waals surface area contributed by atoms with Gasteiger partial charge in [-0.3, -0.25) is 10.1 Å². The summed E-state index contributed by atoms with van der Waals surface area (Å²) in [6, 6.07) is 10.6. The predicted octanol–water partition coefficient (Wildman–Crippen LogP) is 5.48. The number of ether oxygens (including phenoxy) is 1. The molecule has 2 rings (SSSR count). The molecule has 0 bridgehead atoms. The fraction of sp³-hybridized carbons (Fsp3) is 0.435. The van der Waals surface area contributed by atoms with E-state index in [4.69, 9.17) is 4.74 Å². The Labute approximate surface area is 172 Å². The molecule has 6 nitrogen and oxygen atoms in total. The lowest BCUT2D eigenvalue weighted by Gasteiger charge is -2.28. The third-order valence-corrected chi connectivity index (χ3v) is 4.58. The van der Waals surface area contributed by atoms with Crippen LogP contribution in [0.15, 0.2) is 36.4 Å². The van der Waals surface area contributed by atoms with E-state index in [-0.39, 0.29) is 10.6 Å². The highest BCUT2D eigenvalue weighted by molar-refractivity contribution is 5.98. The van der Waals surface area contributed by atoms with Crippen LogP contribution in [0.4, 0.5) is 11.4 Å². The number of anilines is 1. The van der Waals surface area contributed by atoms with Crippen LogP contribution in [0.25, 0.3) is 11.1 Å². The summed E-state index contributed by atoms with van der Waals surface area (Å²) in [5.41, 5.74) is 3.25. The molecule has 2 aromatic carbocycles. The first-order chi connectivity index (χ1) is 13.6. The van der Waals surface area contributed by atoms with E-state index in [9.17, 15) is 14.9 Å². The number of nitrogens with zero attached hydrogens (tertiary/aromatic N) is 2. The maximum Gasteiger partial charge on any atom is 0.338 e. The Kier molecular flexibility index (Phi) is 7.37. The summed E-state index contributed by atoms with van der Waals surface area (Å²) in [5.74, 6) is 0.277. The second-order valence-electron chi connectivity index (χ2n) is 8.19. The number of carbonyl (C=O) groups excluding carboxylic acids is 1. The summed E-state index contributed by atoms with van der Waals surface area (Å²) in [6.45, 7) is 11.8. The van der Waals surface area contributed by atoms with Crippen LogP contribution in [0.3, 0.4) is 0 Å². The SMILES string of the molecule is COC(=O)c1ccc(C)cc1-c1ccc(N(CC(C)C)CC(C)C)c([N+](=O)[O-])c1. The van der Waals surface area contributed by atoms with Crippen molar-refractivity contribution in [2.24, 2.45) is 11.8 Å². The summed E-state index contributed by atoms with van der Waals surface area (Å²) in [7, 11) is 1.33. The molecular formula is C23H30N2O4. The van der Waals surface area contributed by atoms with Gasteiger partial charge in [-0.05, 0) is 42.0 Å². The Balaban J connectivity index is 2.62. The monoisotopic (exact) mass is 398 g/mol. The normalized spacial score (nSPS) is 11.0. The molecule has 0 aromatic heterocycles. The van der Waals surface area contributed by atoms with Crippen molar-refractivity contribution in [2.75, 3.05) is 25.1 Å². The number of carbonyl (C=O) groups is 1. The molecule has 156 valence electrons. The molecule has 2 aromatic rings. The van der Waals surface area contributed by atoms with Gasteiger partial charge in [0, 0.05) is 19.2 Å². The summed E-state index contributed by atoms with van der Waals surface area (Å²) >= 11 is 0. The molecule has 0 heterocycles. The lowest BCUT2D eigenvalue weighted by molar-refractivity contribution is -0.384. The van der Waals surface area contributed by atoms with E-state index in [0.717, 1.165) is 18.7 Å². The van der Waals surface area contributed by atoms with Crippen molar-refractivity contribution in [3.63, 3.8) is 0 Å². The summed E-state index contributed by atoms with van der Waals surface area (Å²) in [6.07, 6.45) is 0. The van der Waals surface area contributed by atoms with Gasteiger partial charge in [-0.1, -0.05) is 51.5 Å². The number of benzene rings is 2. The summed E-state index contributed by atoms with van der Waals surface area (Å²) < 4.78 is 4.88. The number of aryl methyl sites for hydroxylation is 1. The van der Waals surface area contributed by atoms with Gasteiger partial charge in [0.2, 0.25) is 0 Å². The predicted molar refractivity (Wildman–Crippen MR) is 116 cm³/mol. The van der Waals surface area contributed by atoms with Crippen molar-refractivity contribution < 1.29 is 14.5 Å². The minimum Gasteiger partial charge on any atom is -0.465 e. The van der Waals surface area contributed by atoms with E-state index in [1.165, 1.54) is 7.11 Å². The van der Waals surface area contributed by atoms with E-state index >= 15 is 0 Å². The molecule has 0 N–H and O–H groups in total. The van der Waals surface area contributed by atoms with Crippen LogP contribution in [0.2, 0.25) is 0 Å². The maximum atomic E-state index is 12.2. The van der Waals surface area contributed by atoms with Gasteiger partial charge in [0.05, 0.1) is 17.6 Å². The lowest BCUT2D eigenvalue weighted by Crippen LogP contribution is -2.31. The number of hydrogen-bond acceptors (Lipinski definition) is 5. The molecular weight excluding hydrogens is 368 g/mol. The number of hydrogen-bond donors (Lipinski definition) is 0. The Morgan fingerprint density at radius 1 is 1.07 bits per heavy atom. The van der Waals surface area contributed by atoms with Crippen LogP contribution in [0, 0.1) is 28.9 Å². The van der Waals surface area contributed by atoms with Gasteiger partial charge in [0.25, 0.3) is 5.69 Å². The molecule has 29 heavy (non-hydrogen) atoms. The van der Waals surface area contributed by atoms with Crippen molar-refractivity contribution >= 4 is 17.3 Å². The van der Waals surface area contributed by atoms with Crippen LogP contribution in [0.1, 0.15) is 43.6 Å². The van der Waals surface area contributed by atoms with E-state index in [0.29, 0.717) is 34.2 Å². The van der Waals surface area contributed by atoms with Gasteiger partial charge < -0.3 is 9.64 Å². The fourth-order valence-electron chi connectivity index (χ4n) is 3.44. The zero-order valence-electron chi connectivity index (χ0n) is 18.1. The quantitative estimate of drug-likeness (QED) is 0.335. The second-order valence-corrected chi connectivity index (χ2v) is 8.19. The number of nitro groups is 1. The van der Waals surface area contributed by atoms with E-state index in [1.807, 2.05) is 25.1 Å². The molecule has 0 unspecified atom stereocenters. The number of esters is 1. The molecule has 0 atom stereocenters. The van der Waals surface area contributed by atoms with Crippen molar-refractivity contribution in [2.45, 2.75) is 34.6 Å². The number of rotatable bonds is 8. The Hall–Kier alpha value is -2.89. The first-order valence-corrected chi connectivity index (χ1v) is 9.86. The van der Waals surface area contributed by atoms with Crippen molar-refractivity contribution in [3.05, 3.63) is 57.6 Å². The van der Waals surface area contributed by atoms with Gasteiger partial charge in [-0.15, -0.1) is 0 Å². The molecule has 0 saturated carbocycles. The minimum absolute atomic E-state index is 0.0427. The van der Waals surface area contributed by atoms with Crippen LogP contribution in [-0.4, -0.2) is 31.1 Å². The first-order valence-electron chi connectivity index (χ1n) is 9.86. The standard InChI is InChI=1S/C23H30N2O4/c1-15(2)13-24(14-16(3)4)21-10-8-18(12-22(21)25(27)28)20-11-17(5)7-9-19(20)23(26)29-6/h7-12,15-16H,13-14H2,1-6H3. The van der Waals surface area contributed by atoms with Gasteiger partial charge in [-0.2, -0.15) is 0 Å². The highest BCUT2D eigenvalue weighted by atomic mass is 16.6. The molecule has 0 aliphatic carbocycles. The summed E-state index contributed by atoms with van der Waals surface area (Å²) in [5, 5.41) is 11.9. The van der Waals surface area contributed by atoms with Crippen LogP contribution in [-0.2, 0) is 4.74 Å². The lowest BCUT2D eigenvalue weighted by atomic mass is 9.96. The van der Waals surface area contributed by atoms with Crippen molar-refractivity contribution in [1.29, 1.82) is 0 Å². The number of methoxy groups -OCH3 is 1. The molecule has 0 spiro atoms. The van der Waals surface area contributed by atoms with Gasteiger partial charge in [0.15, 0.2) is 0 Å². The first kappa shape index (κ1) is 22.4. The molecule has 6 heteroatoms.